The number of non-ortho nitro benzene ring substituents is 1. The van der Waals surface area contributed by atoms with Crippen LogP contribution in [-0.2, 0) is 9.59 Å². The molecule has 0 aliphatic carbocycles. The number of nitro benzene ring substituents is 1. The van der Waals surface area contributed by atoms with Crippen LogP contribution >= 0.6 is 0 Å². The van der Waals surface area contributed by atoms with Crippen molar-refractivity contribution in [3.8, 4) is 5.75 Å². The molecule has 1 N–H and O–H groups in total. The van der Waals surface area contributed by atoms with Gasteiger partial charge < -0.3 is 15.0 Å². The summed E-state index contributed by atoms with van der Waals surface area (Å²) in [7, 11) is 0. The molecule has 1 aromatic rings. The van der Waals surface area contributed by atoms with Gasteiger partial charge in [-0.25, -0.2) is 0 Å². The minimum absolute atomic E-state index is 0.00183. The van der Waals surface area contributed by atoms with Gasteiger partial charge in [0, 0.05) is 37.3 Å². The number of piperazine rings is 1. The van der Waals surface area contributed by atoms with Gasteiger partial charge in [-0.2, -0.15) is 0 Å². The van der Waals surface area contributed by atoms with Crippen molar-refractivity contribution in [3.05, 3.63) is 28.3 Å². The van der Waals surface area contributed by atoms with E-state index >= 15 is 0 Å². The Kier molecular flexibility index (Phi) is 4.58. The molecule has 2 aliphatic rings. The highest BCUT2D eigenvalue weighted by molar-refractivity contribution is 6.02. The third-order valence-electron chi connectivity index (χ3n) is 4.74. The molecule has 25 heavy (non-hydrogen) atoms. The Bertz CT molecular complexity index is 722. The second-order valence-corrected chi connectivity index (χ2v) is 6.25. The average molecular weight is 348 g/mol. The van der Waals surface area contributed by atoms with Crippen LogP contribution in [0.4, 0.5) is 11.4 Å². The number of nitrogens with one attached hydrogen (secondary N) is 1. The molecule has 3 rings (SSSR count). The summed E-state index contributed by atoms with van der Waals surface area (Å²) in [6, 6.07) is 4.19. The fourth-order valence-corrected chi connectivity index (χ4v) is 3.11. The van der Waals surface area contributed by atoms with Crippen molar-refractivity contribution in [2.24, 2.45) is 0 Å². The van der Waals surface area contributed by atoms with Crippen LogP contribution in [0.3, 0.4) is 0 Å². The Morgan fingerprint density at radius 2 is 2.20 bits per heavy atom. The van der Waals surface area contributed by atoms with Crippen molar-refractivity contribution in [3.63, 3.8) is 0 Å². The molecule has 0 aromatic heterocycles. The van der Waals surface area contributed by atoms with E-state index in [9.17, 15) is 19.7 Å². The first-order valence-electron chi connectivity index (χ1n) is 8.13. The number of hydrogen-bond donors (Lipinski definition) is 1. The lowest BCUT2D eigenvalue weighted by atomic mass is 10.1. The lowest BCUT2D eigenvalue weighted by Crippen LogP contribution is -2.59. The van der Waals surface area contributed by atoms with Crippen molar-refractivity contribution < 1.29 is 19.2 Å². The fraction of sp³-hybridized carbons (Fsp3) is 0.500. The molecule has 2 atom stereocenters. The number of carbonyl (C=O) groups excluding carboxylic acids is 2. The zero-order valence-electron chi connectivity index (χ0n) is 14.1. The summed E-state index contributed by atoms with van der Waals surface area (Å²) < 4.78 is 5.32. The van der Waals surface area contributed by atoms with Crippen molar-refractivity contribution >= 4 is 23.2 Å². The van der Waals surface area contributed by atoms with Gasteiger partial charge in [0.2, 0.25) is 5.91 Å². The summed E-state index contributed by atoms with van der Waals surface area (Å²) in [5.41, 5.74) is 0.105. The van der Waals surface area contributed by atoms with Gasteiger partial charge in [-0.05, 0) is 19.9 Å². The van der Waals surface area contributed by atoms with Crippen LogP contribution in [0, 0.1) is 10.1 Å². The highest BCUT2D eigenvalue weighted by Gasteiger charge is 2.33. The number of rotatable bonds is 3. The van der Waals surface area contributed by atoms with Gasteiger partial charge in [-0.15, -0.1) is 0 Å². The average Bonchev–Trinajstić information content (AvgIpc) is 2.59. The topological polar surface area (TPSA) is 105 Å². The van der Waals surface area contributed by atoms with Gasteiger partial charge in [0.15, 0.2) is 6.61 Å². The van der Waals surface area contributed by atoms with E-state index in [-0.39, 0.29) is 42.5 Å². The summed E-state index contributed by atoms with van der Waals surface area (Å²) in [5.74, 6) is -0.217. The molecule has 0 bridgehead atoms. The number of carbonyl (C=O) groups is 2. The molecular formula is C16H20N4O5. The van der Waals surface area contributed by atoms with E-state index in [1.807, 2.05) is 13.8 Å². The number of ether oxygens (including phenoxy) is 1. The first-order chi connectivity index (χ1) is 11.9. The molecule has 2 amide bonds. The third kappa shape index (κ3) is 3.27. The number of nitro groups is 1. The quantitative estimate of drug-likeness (QED) is 0.631. The summed E-state index contributed by atoms with van der Waals surface area (Å²) in [6.07, 6.45) is 0. The minimum atomic E-state index is -0.542. The fourth-order valence-electron chi connectivity index (χ4n) is 3.11. The highest BCUT2D eigenvalue weighted by atomic mass is 16.6. The van der Waals surface area contributed by atoms with E-state index in [1.165, 1.54) is 23.1 Å². The molecule has 134 valence electrons. The van der Waals surface area contributed by atoms with Crippen molar-refractivity contribution in [2.45, 2.75) is 25.9 Å². The standard InChI is InChI=1S/C16H20N4O5/c1-10-11(2)18(6-5-17-10)15(21)8-19-13-7-12(20(23)24)3-4-14(13)25-9-16(19)22/h3-4,7,10-11,17H,5-6,8-9H2,1-2H3. The Morgan fingerprint density at radius 3 is 2.92 bits per heavy atom. The third-order valence-corrected chi connectivity index (χ3v) is 4.74. The van der Waals surface area contributed by atoms with Crippen LogP contribution in [0.2, 0.25) is 0 Å². The highest BCUT2D eigenvalue weighted by Crippen LogP contribution is 2.35. The van der Waals surface area contributed by atoms with Gasteiger partial charge in [-0.1, -0.05) is 0 Å². The Morgan fingerprint density at radius 1 is 1.44 bits per heavy atom. The van der Waals surface area contributed by atoms with Crippen molar-refractivity contribution in [1.82, 2.24) is 10.2 Å². The molecule has 2 unspecified atom stereocenters. The van der Waals surface area contributed by atoms with Crippen LogP contribution in [0.5, 0.6) is 5.75 Å². The van der Waals surface area contributed by atoms with Gasteiger partial charge in [0.25, 0.3) is 11.6 Å². The largest absolute Gasteiger partial charge is 0.482 e. The molecule has 2 heterocycles. The first kappa shape index (κ1) is 17.2. The number of fused-ring (bicyclic) bond motifs is 1. The van der Waals surface area contributed by atoms with E-state index in [4.69, 9.17) is 4.74 Å². The molecule has 1 fully saturated rings. The second-order valence-electron chi connectivity index (χ2n) is 6.25. The Balaban J connectivity index is 1.85. The molecule has 2 aliphatic heterocycles. The normalized spacial score (nSPS) is 23.0. The zero-order valence-corrected chi connectivity index (χ0v) is 14.1. The van der Waals surface area contributed by atoms with Crippen LogP contribution in [0.15, 0.2) is 18.2 Å². The lowest BCUT2D eigenvalue weighted by molar-refractivity contribution is -0.384. The maximum absolute atomic E-state index is 12.7. The summed E-state index contributed by atoms with van der Waals surface area (Å²) in [5, 5.41) is 14.3. The summed E-state index contributed by atoms with van der Waals surface area (Å²) >= 11 is 0. The predicted octanol–water partition coefficient (Wildman–Crippen LogP) is 0.529. The van der Waals surface area contributed by atoms with Crippen LogP contribution in [0.25, 0.3) is 0 Å². The number of benzene rings is 1. The van der Waals surface area contributed by atoms with Crippen LogP contribution in [0.1, 0.15) is 13.8 Å². The van der Waals surface area contributed by atoms with Gasteiger partial charge >= 0.3 is 0 Å². The van der Waals surface area contributed by atoms with Crippen molar-refractivity contribution in [2.75, 3.05) is 31.1 Å². The van der Waals surface area contributed by atoms with Crippen LogP contribution < -0.4 is 15.0 Å². The number of hydrogen-bond acceptors (Lipinski definition) is 6. The smallest absolute Gasteiger partial charge is 0.271 e. The Labute approximate surface area is 144 Å². The summed E-state index contributed by atoms with van der Waals surface area (Å²) in [4.78, 5) is 38.4. The van der Waals surface area contributed by atoms with E-state index in [0.717, 1.165) is 0 Å². The van der Waals surface area contributed by atoms with Gasteiger partial charge in [0.05, 0.1) is 10.6 Å². The minimum Gasteiger partial charge on any atom is -0.482 e. The molecular weight excluding hydrogens is 328 g/mol. The van der Waals surface area contributed by atoms with E-state index in [2.05, 4.69) is 5.32 Å². The first-order valence-corrected chi connectivity index (χ1v) is 8.13. The van der Waals surface area contributed by atoms with Gasteiger partial charge in [-0.3, -0.25) is 24.6 Å². The second kappa shape index (κ2) is 6.67. The van der Waals surface area contributed by atoms with Gasteiger partial charge in [0.1, 0.15) is 12.3 Å². The molecule has 1 saturated heterocycles. The van der Waals surface area contributed by atoms with Crippen LogP contribution in [-0.4, -0.2) is 60.0 Å². The number of nitrogens with zero attached hydrogens (tertiary/aromatic N) is 3. The maximum atomic E-state index is 12.7. The summed E-state index contributed by atoms with van der Waals surface area (Å²) in [6.45, 7) is 4.86. The molecule has 0 radical (unpaired) electrons. The molecule has 1 aromatic carbocycles. The SMILES string of the molecule is CC1NCCN(C(=O)CN2C(=O)COc3ccc([N+](=O)[O-])cc32)C1C. The maximum Gasteiger partial charge on any atom is 0.271 e. The lowest BCUT2D eigenvalue weighted by Gasteiger charge is -2.40. The zero-order chi connectivity index (χ0) is 18.1. The van der Waals surface area contributed by atoms with E-state index in [0.29, 0.717) is 18.8 Å². The van der Waals surface area contributed by atoms with E-state index < -0.39 is 10.8 Å². The van der Waals surface area contributed by atoms with E-state index in [1.54, 1.807) is 4.90 Å². The number of anilines is 1. The van der Waals surface area contributed by atoms with Crippen molar-refractivity contribution in [1.29, 1.82) is 0 Å². The number of amides is 2. The monoisotopic (exact) mass is 348 g/mol. The Hall–Kier alpha value is -2.68. The molecule has 0 saturated carbocycles. The predicted molar refractivity (Wildman–Crippen MR) is 89.6 cm³/mol. The molecule has 0 spiro atoms. The molecule has 9 heteroatoms. The molecule has 9 nitrogen and oxygen atoms in total.